The minimum atomic E-state index is 0.591. The minimum absolute atomic E-state index is 0.591. The Morgan fingerprint density at radius 2 is 1.73 bits per heavy atom. The van der Waals surface area contributed by atoms with E-state index < -0.39 is 0 Å². The molecule has 0 radical (unpaired) electrons. The summed E-state index contributed by atoms with van der Waals surface area (Å²) < 4.78 is 15.8. The molecule has 0 bridgehead atoms. The number of para-hydroxylation sites is 1. The second-order valence-electron chi connectivity index (χ2n) is 4.93. The molecule has 0 atom stereocenters. The van der Waals surface area contributed by atoms with E-state index >= 15 is 0 Å². The molecule has 1 aromatic heterocycles. The molecule has 0 aliphatic rings. The van der Waals surface area contributed by atoms with Crippen LogP contribution in [-0.2, 0) is 11.2 Å². The molecule has 0 unspecified atom stereocenters. The van der Waals surface area contributed by atoms with E-state index in [0.29, 0.717) is 13.2 Å². The van der Waals surface area contributed by atoms with Crippen molar-refractivity contribution in [2.24, 2.45) is 0 Å². The second-order valence-corrected chi connectivity index (χ2v) is 4.93. The molecule has 0 aliphatic heterocycles. The first-order valence-electron chi connectivity index (χ1n) is 8.01. The number of ether oxygens (including phenoxy) is 2. The molecule has 22 heavy (non-hydrogen) atoms. The lowest BCUT2D eigenvalue weighted by Crippen LogP contribution is -2.07. The first-order valence-corrected chi connectivity index (χ1v) is 8.01. The number of hydrogen-bond acceptors (Lipinski definition) is 4. The monoisotopic (exact) mass is 305 g/mol. The Bertz CT molecular complexity index is 443. The first-order chi connectivity index (χ1) is 10.9. The quantitative estimate of drug-likeness (QED) is 0.639. The third kappa shape index (κ3) is 9.19. The van der Waals surface area contributed by atoms with Gasteiger partial charge in [-0.1, -0.05) is 43.6 Å². The van der Waals surface area contributed by atoms with Crippen molar-refractivity contribution in [2.75, 3.05) is 19.8 Å². The molecule has 0 N–H and O–H groups in total. The summed E-state index contributed by atoms with van der Waals surface area (Å²) in [6, 6.07) is 11.7. The second kappa shape index (κ2) is 12.9. The molecular weight excluding hydrogens is 278 g/mol. The van der Waals surface area contributed by atoms with Gasteiger partial charge < -0.3 is 14.0 Å². The Hall–Kier alpha value is -1.81. The van der Waals surface area contributed by atoms with E-state index in [1.54, 1.807) is 6.26 Å². The SMILES string of the molecule is CCC.c1ccc(OCCOCCCCc2ccon2)cc1. The number of aryl methyl sites for hydroxylation is 1. The van der Waals surface area contributed by atoms with Crippen LogP contribution in [0.4, 0.5) is 0 Å². The van der Waals surface area contributed by atoms with Gasteiger partial charge >= 0.3 is 0 Å². The number of unbranched alkanes of at least 4 members (excludes halogenated alkanes) is 1. The molecule has 0 aliphatic carbocycles. The molecule has 1 heterocycles. The molecule has 0 fully saturated rings. The highest BCUT2D eigenvalue weighted by Crippen LogP contribution is 2.07. The normalized spacial score (nSPS) is 9.91. The van der Waals surface area contributed by atoms with E-state index in [4.69, 9.17) is 14.0 Å². The van der Waals surface area contributed by atoms with Crippen molar-refractivity contribution in [1.82, 2.24) is 5.16 Å². The highest BCUT2D eigenvalue weighted by molar-refractivity contribution is 5.20. The van der Waals surface area contributed by atoms with Crippen LogP contribution in [0.3, 0.4) is 0 Å². The first kappa shape index (κ1) is 18.2. The Labute approximate surface area is 133 Å². The van der Waals surface area contributed by atoms with E-state index in [2.05, 4.69) is 19.0 Å². The zero-order chi connectivity index (χ0) is 15.9. The molecule has 0 saturated heterocycles. The van der Waals surface area contributed by atoms with Gasteiger partial charge in [0.2, 0.25) is 0 Å². The summed E-state index contributed by atoms with van der Waals surface area (Å²) in [6.45, 7) is 6.22. The zero-order valence-corrected chi connectivity index (χ0v) is 13.7. The van der Waals surface area contributed by atoms with Crippen LogP contribution in [0, 0.1) is 0 Å². The number of benzene rings is 1. The molecule has 0 spiro atoms. The van der Waals surface area contributed by atoms with Crippen molar-refractivity contribution in [3.8, 4) is 5.75 Å². The molecule has 1 aromatic carbocycles. The lowest BCUT2D eigenvalue weighted by molar-refractivity contribution is 0.0974. The Kier molecular flexibility index (Phi) is 10.7. The Morgan fingerprint density at radius 1 is 0.955 bits per heavy atom. The maximum Gasteiger partial charge on any atom is 0.124 e. The number of hydrogen-bond donors (Lipinski definition) is 0. The average Bonchev–Trinajstić information content (AvgIpc) is 3.05. The zero-order valence-electron chi connectivity index (χ0n) is 13.7. The summed E-state index contributed by atoms with van der Waals surface area (Å²) in [6.07, 6.45) is 5.89. The summed E-state index contributed by atoms with van der Waals surface area (Å²) >= 11 is 0. The standard InChI is InChI=1S/C15H19NO3.C3H8/c1-2-7-15(8-3-1)18-13-12-17-10-5-4-6-14-9-11-19-16-14;1-3-2/h1-3,7-9,11H,4-6,10,12-13H2;3H2,1-2H3. The van der Waals surface area contributed by atoms with E-state index in [1.807, 2.05) is 36.4 Å². The van der Waals surface area contributed by atoms with Crippen LogP contribution in [0.5, 0.6) is 5.75 Å². The van der Waals surface area contributed by atoms with Gasteiger partial charge in [-0.15, -0.1) is 0 Å². The molecule has 4 nitrogen and oxygen atoms in total. The van der Waals surface area contributed by atoms with Crippen LogP contribution < -0.4 is 4.74 Å². The largest absolute Gasteiger partial charge is 0.491 e. The van der Waals surface area contributed by atoms with Crippen molar-refractivity contribution < 1.29 is 14.0 Å². The van der Waals surface area contributed by atoms with Crippen molar-refractivity contribution in [1.29, 1.82) is 0 Å². The summed E-state index contributed by atoms with van der Waals surface area (Å²) in [5.74, 6) is 0.886. The molecule has 2 rings (SSSR count). The number of rotatable bonds is 9. The molecule has 122 valence electrons. The molecular formula is C18H27NO3. The van der Waals surface area contributed by atoms with E-state index in [9.17, 15) is 0 Å². The number of aromatic nitrogens is 1. The summed E-state index contributed by atoms with van der Waals surface area (Å²) in [4.78, 5) is 0. The average molecular weight is 305 g/mol. The summed E-state index contributed by atoms with van der Waals surface area (Å²) in [5.41, 5.74) is 1.01. The van der Waals surface area contributed by atoms with Gasteiger partial charge in [-0.25, -0.2) is 0 Å². The van der Waals surface area contributed by atoms with Crippen molar-refractivity contribution in [2.45, 2.75) is 39.5 Å². The smallest absolute Gasteiger partial charge is 0.124 e. The fourth-order valence-corrected chi connectivity index (χ4v) is 1.71. The maximum absolute atomic E-state index is 5.52. The predicted octanol–water partition coefficient (Wildman–Crippen LogP) is 4.51. The molecule has 0 saturated carbocycles. The molecule has 4 heteroatoms. The van der Waals surface area contributed by atoms with Crippen LogP contribution >= 0.6 is 0 Å². The van der Waals surface area contributed by atoms with Gasteiger partial charge in [0.25, 0.3) is 0 Å². The fourth-order valence-electron chi connectivity index (χ4n) is 1.71. The van der Waals surface area contributed by atoms with Crippen LogP contribution in [-0.4, -0.2) is 25.0 Å². The maximum atomic E-state index is 5.52. The van der Waals surface area contributed by atoms with Crippen LogP contribution in [0.15, 0.2) is 47.2 Å². The Morgan fingerprint density at radius 3 is 2.41 bits per heavy atom. The Balaban J connectivity index is 0.000000745. The molecule has 0 amide bonds. The van der Waals surface area contributed by atoms with Gasteiger partial charge in [0.1, 0.15) is 18.6 Å². The van der Waals surface area contributed by atoms with Gasteiger partial charge in [0, 0.05) is 12.7 Å². The van der Waals surface area contributed by atoms with E-state index in [1.165, 1.54) is 6.42 Å². The van der Waals surface area contributed by atoms with Crippen molar-refractivity contribution >= 4 is 0 Å². The van der Waals surface area contributed by atoms with Gasteiger partial charge in [-0.2, -0.15) is 0 Å². The summed E-state index contributed by atoms with van der Waals surface area (Å²) in [5, 5.41) is 3.86. The predicted molar refractivity (Wildman–Crippen MR) is 88.2 cm³/mol. The van der Waals surface area contributed by atoms with Gasteiger partial charge in [0.05, 0.1) is 12.3 Å². The van der Waals surface area contributed by atoms with Gasteiger partial charge in [-0.3, -0.25) is 0 Å². The van der Waals surface area contributed by atoms with Gasteiger partial charge in [0.15, 0.2) is 0 Å². The van der Waals surface area contributed by atoms with Gasteiger partial charge in [-0.05, 0) is 31.4 Å². The highest BCUT2D eigenvalue weighted by Gasteiger charge is 1.97. The highest BCUT2D eigenvalue weighted by atomic mass is 16.5. The fraction of sp³-hybridized carbons (Fsp3) is 0.500. The topological polar surface area (TPSA) is 44.5 Å². The number of nitrogens with zero attached hydrogens (tertiary/aromatic N) is 1. The van der Waals surface area contributed by atoms with Crippen LogP contribution in [0.1, 0.15) is 38.8 Å². The van der Waals surface area contributed by atoms with Crippen molar-refractivity contribution in [3.63, 3.8) is 0 Å². The third-order valence-corrected chi connectivity index (χ3v) is 2.70. The van der Waals surface area contributed by atoms with E-state index in [-0.39, 0.29) is 0 Å². The third-order valence-electron chi connectivity index (χ3n) is 2.70. The van der Waals surface area contributed by atoms with Crippen molar-refractivity contribution in [3.05, 3.63) is 48.4 Å². The summed E-state index contributed by atoms with van der Waals surface area (Å²) in [7, 11) is 0. The lowest BCUT2D eigenvalue weighted by Gasteiger charge is -2.06. The molecule has 2 aromatic rings. The van der Waals surface area contributed by atoms with E-state index in [0.717, 1.165) is 37.3 Å². The minimum Gasteiger partial charge on any atom is -0.491 e. The lowest BCUT2D eigenvalue weighted by atomic mass is 10.2. The van der Waals surface area contributed by atoms with Crippen LogP contribution in [0.2, 0.25) is 0 Å². The van der Waals surface area contributed by atoms with Crippen LogP contribution in [0.25, 0.3) is 0 Å².